The van der Waals surface area contributed by atoms with Crippen molar-refractivity contribution in [1.29, 1.82) is 0 Å². The zero-order valence-corrected chi connectivity index (χ0v) is 7.48. The van der Waals surface area contributed by atoms with Gasteiger partial charge in [-0.05, 0) is 25.5 Å². The Morgan fingerprint density at radius 1 is 1.45 bits per heavy atom. The van der Waals surface area contributed by atoms with E-state index in [0.717, 1.165) is 16.0 Å². The molecule has 0 aliphatic carbocycles. The van der Waals surface area contributed by atoms with Crippen molar-refractivity contribution < 1.29 is 4.79 Å². The van der Waals surface area contributed by atoms with Gasteiger partial charge in [0.2, 0.25) is 0 Å². The highest BCUT2D eigenvalue weighted by Crippen LogP contribution is 2.16. The highest BCUT2D eigenvalue weighted by molar-refractivity contribution is 7.80. The molecule has 0 N–H and O–H groups in total. The summed E-state index contributed by atoms with van der Waals surface area (Å²) in [5.41, 5.74) is 1.72. The number of carbonyl (C=O) groups excluding carboxylic acids is 1. The molecule has 0 radical (unpaired) electrons. The van der Waals surface area contributed by atoms with Crippen LogP contribution in [0.4, 0.5) is 0 Å². The minimum atomic E-state index is 0.0957. The van der Waals surface area contributed by atoms with Gasteiger partial charge in [-0.1, -0.05) is 12.1 Å². The van der Waals surface area contributed by atoms with Crippen molar-refractivity contribution in [2.45, 2.75) is 18.7 Å². The van der Waals surface area contributed by atoms with Crippen LogP contribution < -0.4 is 0 Å². The average molecular weight is 166 g/mol. The zero-order chi connectivity index (χ0) is 8.43. The predicted octanol–water partition coefficient (Wildman–Crippen LogP) is 2.49. The summed E-state index contributed by atoms with van der Waals surface area (Å²) < 4.78 is 0. The van der Waals surface area contributed by atoms with E-state index in [-0.39, 0.29) is 5.78 Å². The quantitative estimate of drug-likeness (QED) is 0.501. The summed E-state index contributed by atoms with van der Waals surface area (Å²) >= 11 is 4.21. The third kappa shape index (κ3) is 1.63. The van der Waals surface area contributed by atoms with Crippen molar-refractivity contribution in [2.24, 2.45) is 0 Å². The first-order valence-electron chi connectivity index (χ1n) is 3.42. The summed E-state index contributed by atoms with van der Waals surface area (Å²) in [5, 5.41) is 0. The Morgan fingerprint density at radius 2 is 2.09 bits per heavy atom. The number of Topliss-reactive ketones (excluding diaryl/α,β-unsaturated/α-hetero) is 1. The lowest BCUT2D eigenvalue weighted by molar-refractivity contribution is 0.101. The van der Waals surface area contributed by atoms with Crippen LogP contribution in [0.3, 0.4) is 0 Å². The maximum Gasteiger partial charge on any atom is 0.160 e. The molecule has 0 aliphatic heterocycles. The van der Waals surface area contributed by atoms with Gasteiger partial charge in [0, 0.05) is 10.5 Å². The Hall–Kier alpha value is -0.760. The van der Waals surface area contributed by atoms with Gasteiger partial charge in [0.05, 0.1) is 0 Å². The van der Waals surface area contributed by atoms with E-state index in [1.807, 2.05) is 25.1 Å². The average Bonchev–Trinajstić information content (AvgIpc) is 1.94. The maximum atomic E-state index is 11.0. The number of rotatable bonds is 1. The lowest BCUT2D eigenvalue weighted by atomic mass is 10.1. The SMILES string of the molecule is CC(=O)c1cccc(S)c1C. The molecule has 1 aromatic rings. The van der Waals surface area contributed by atoms with E-state index in [2.05, 4.69) is 12.6 Å². The van der Waals surface area contributed by atoms with Gasteiger partial charge >= 0.3 is 0 Å². The number of ketones is 1. The summed E-state index contributed by atoms with van der Waals surface area (Å²) in [6, 6.07) is 5.54. The number of carbonyl (C=O) groups is 1. The van der Waals surface area contributed by atoms with Crippen LogP contribution in [-0.2, 0) is 0 Å². The molecular weight excluding hydrogens is 156 g/mol. The first-order chi connectivity index (χ1) is 5.13. The van der Waals surface area contributed by atoms with Gasteiger partial charge in [0.25, 0.3) is 0 Å². The van der Waals surface area contributed by atoms with Crippen LogP contribution in [0.25, 0.3) is 0 Å². The van der Waals surface area contributed by atoms with Crippen LogP contribution in [0.1, 0.15) is 22.8 Å². The molecular formula is C9H10OS. The molecule has 1 aromatic carbocycles. The van der Waals surface area contributed by atoms with Gasteiger partial charge in [0.15, 0.2) is 5.78 Å². The first kappa shape index (κ1) is 8.34. The Morgan fingerprint density at radius 3 is 2.55 bits per heavy atom. The van der Waals surface area contributed by atoms with Crippen molar-refractivity contribution in [2.75, 3.05) is 0 Å². The molecule has 0 aromatic heterocycles. The zero-order valence-electron chi connectivity index (χ0n) is 6.59. The highest BCUT2D eigenvalue weighted by Gasteiger charge is 2.03. The summed E-state index contributed by atoms with van der Waals surface area (Å²) in [5.74, 6) is 0.0957. The lowest BCUT2D eigenvalue weighted by Gasteiger charge is -2.02. The summed E-state index contributed by atoms with van der Waals surface area (Å²) in [6.07, 6.45) is 0. The molecule has 1 rings (SSSR count). The fraction of sp³-hybridized carbons (Fsp3) is 0.222. The third-order valence-corrected chi connectivity index (χ3v) is 2.17. The van der Waals surface area contributed by atoms with E-state index >= 15 is 0 Å². The van der Waals surface area contributed by atoms with Crippen molar-refractivity contribution in [3.05, 3.63) is 29.3 Å². The first-order valence-corrected chi connectivity index (χ1v) is 3.87. The molecule has 58 valence electrons. The van der Waals surface area contributed by atoms with E-state index in [1.165, 1.54) is 0 Å². The van der Waals surface area contributed by atoms with Gasteiger partial charge in [-0.25, -0.2) is 0 Å². The standard InChI is InChI=1S/C9H10OS/c1-6-8(7(2)10)4-3-5-9(6)11/h3-5,11H,1-2H3. The molecule has 0 atom stereocenters. The van der Waals surface area contributed by atoms with E-state index in [4.69, 9.17) is 0 Å². The number of thiol groups is 1. The van der Waals surface area contributed by atoms with E-state index < -0.39 is 0 Å². The Labute approximate surface area is 71.8 Å². The topological polar surface area (TPSA) is 17.1 Å². The summed E-state index contributed by atoms with van der Waals surface area (Å²) in [4.78, 5) is 11.9. The second kappa shape index (κ2) is 3.09. The van der Waals surface area contributed by atoms with Crippen molar-refractivity contribution in [3.63, 3.8) is 0 Å². The van der Waals surface area contributed by atoms with Crippen LogP contribution in [0.5, 0.6) is 0 Å². The molecule has 11 heavy (non-hydrogen) atoms. The second-order valence-electron chi connectivity index (χ2n) is 2.51. The Balaban J connectivity index is 3.27. The fourth-order valence-electron chi connectivity index (χ4n) is 1.00. The molecule has 0 amide bonds. The summed E-state index contributed by atoms with van der Waals surface area (Å²) in [7, 11) is 0. The smallest absolute Gasteiger partial charge is 0.160 e. The molecule has 0 unspecified atom stereocenters. The minimum Gasteiger partial charge on any atom is -0.295 e. The van der Waals surface area contributed by atoms with Gasteiger partial charge in [0.1, 0.15) is 0 Å². The Bertz CT molecular complexity index is 292. The normalized spacial score (nSPS) is 9.73. The molecule has 0 heterocycles. The third-order valence-electron chi connectivity index (χ3n) is 1.68. The van der Waals surface area contributed by atoms with Crippen LogP contribution in [0.2, 0.25) is 0 Å². The fourth-order valence-corrected chi connectivity index (χ4v) is 1.21. The second-order valence-corrected chi connectivity index (χ2v) is 2.99. The lowest BCUT2D eigenvalue weighted by Crippen LogP contribution is -1.95. The van der Waals surface area contributed by atoms with Crippen LogP contribution in [0.15, 0.2) is 23.1 Å². The minimum absolute atomic E-state index is 0.0957. The Kier molecular flexibility index (Phi) is 2.35. The number of benzene rings is 1. The highest BCUT2D eigenvalue weighted by atomic mass is 32.1. The van der Waals surface area contributed by atoms with Crippen LogP contribution in [0, 0.1) is 6.92 Å². The molecule has 0 aliphatic rings. The predicted molar refractivity (Wildman–Crippen MR) is 48.4 cm³/mol. The molecule has 0 fully saturated rings. The molecule has 0 spiro atoms. The number of hydrogen-bond acceptors (Lipinski definition) is 2. The van der Waals surface area contributed by atoms with E-state index in [0.29, 0.717) is 0 Å². The van der Waals surface area contributed by atoms with Crippen LogP contribution in [-0.4, -0.2) is 5.78 Å². The molecule has 0 bridgehead atoms. The maximum absolute atomic E-state index is 11.0. The largest absolute Gasteiger partial charge is 0.295 e. The molecule has 0 saturated carbocycles. The van der Waals surface area contributed by atoms with Crippen molar-refractivity contribution >= 4 is 18.4 Å². The van der Waals surface area contributed by atoms with E-state index in [1.54, 1.807) is 6.92 Å². The van der Waals surface area contributed by atoms with E-state index in [9.17, 15) is 4.79 Å². The molecule has 2 heteroatoms. The molecule has 1 nitrogen and oxygen atoms in total. The van der Waals surface area contributed by atoms with Crippen LogP contribution >= 0.6 is 12.6 Å². The summed E-state index contributed by atoms with van der Waals surface area (Å²) in [6.45, 7) is 3.47. The number of hydrogen-bond donors (Lipinski definition) is 1. The molecule has 0 saturated heterocycles. The van der Waals surface area contributed by atoms with Gasteiger partial charge in [-0.3, -0.25) is 4.79 Å². The van der Waals surface area contributed by atoms with Gasteiger partial charge < -0.3 is 0 Å². The van der Waals surface area contributed by atoms with Gasteiger partial charge in [-0.2, -0.15) is 0 Å². The monoisotopic (exact) mass is 166 g/mol. The van der Waals surface area contributed by atoms with Crippen molar-refractivity contribution in [1.82, 2.24) is 0 Å². The van der Waals surface area contributed by atoms with Crippen molar-refractivity contribution in [3.8, 4) is 0 Å². The van der Waals surface area contributed by atoms with Gasteiger partial charge in [-0.15, -0.1) is 12.6 Å².